The minimum atomic E-state index is 0. The topological polar surface area (TPSA) is 67.1 Å². The molecule has 0 saturated heterocycles. The Labute approximate surface area is 193 Å². The van der Waals surface area contributed by atoms with E-state index >= 15 is 0 Å². The van der Waals surface area contributed by atoms with E-state index < -0.39 is 0 Å². The molecule has 154 valence electrons. The third-order valence-electron chi connectivity index (χ3n) is 4.53. The summed E-state index contributed by atoms with van der Waals surface area (Å²) in [6.07, 6.45) is 5.63. The molecule has 1 aliphatic heterocycles. The first-order valence-corrected chi connectivity index (χ1v) is 10.9. The molecular formula is C19H28ClIN6S. The number of hydrogen-bond donors (Lipinski definition) is 2. The van der Waals surface area contributed by atoms with E-state index in [4.69, 9.17) is 11.6 Å². The SMILES string of the molecule is CN=C(NCCSc1ccc(Cl)cc1)NCCc1nnc2n1CCCCC2.I. The second kappa shape index (κ2) is 12.5. The molecule has 3 rings (SSSR count). The lowest BCUT2D eigenvalue weighted by Gasteiger charge is -2.12. The number of rotatable bonds is 7. The number of hydrogen-bond acceptors (Lipinski definition) is 4. The lowest BCUT2D eigenvalue weighted by atomic mass is 10.2. The van der Waals surface area contributed by atoms with Crippen molar-refractivity contribution in [1.29, 1.82) is 0 Å². The maximum atomic E-state index is 5.91. The molecule has 28 heavy (non-hydrogen) atoms. The molecular weight excluding hydrogens is 507 g/mol. The van der Waals surface area contributed by atoms with E-state index in [9.17, 15) is 0 Å². The molecule has 2 heterocycles. The molecule has 0 aliphatic carbocycles. The lowest BCUT2D eigenvalue weighted by molar-refractivity contribution is 0.600. The molecule has 2 aromatic rings. The molecule has 0 unspecified atom stereocenters. The summed E-state index contributed by atoms with van der Waals surface area (Å²) in [5.41, 5.74) is 0. The van der Waals surface area contributed by atoms with Gasteiger partial charge in [-0.25, -0.2) is 0 Å². The molecule has 1 aromatic carbocycles. The van der Waals surface area contributed by atoms with Crippen molar-refractivity contribution in [3.05, 3.63) is 40.9 Å². The minimum Gasteiger partial charge on any atom is -0.356 e. The molecule has 0 bridgehead atoms. The number of halogens is 2. The standard InChI is InChI=1S/C19H27ClN6S.HI/c1-21-19(23-12-14-27-16-8-6-15(20)7-9-16)22-11-10-18-25-24-17-5-3-2-4-13-26(17)18;/h6-9H,2-5,10-14H2,1H3,(H2,21,22,23);1H. The largest absolute Gasteiger partial charge is 0.356 e. The normalized spacial score (nSPS) is 14.0. The predicted octanol–water partition coefficient (Wildman–Crippen LogP) is 3.78. The van der Waals surface area contributed by atoms with Crippen LogP contribution in [-0.2, 0) is 19.4 Å². The van der Waals surface area contributed by atoms with Crippen molar-refractivity contribution >= 4 is 53.3 Å². The van der Waals surface area contributed by atoms with Gasteiger partial charge in [0.2, 0.25) is 0 Å². The zero-order valence-corrected chi connectivity index (χ0v) is 20.1. The van der Waals surface area contributed by atoms with Crippen molar-refractivity contribution in [3.63, 3.8) is 0 Å². The molecule has 9 heteroatoms. The summed E-state index contributed by atoms with van der Waals surface area (Å²) in [6.45, 7) is 2.68. The van der Waals surface area contributed by atoms with Gasteiger partial charge in [0.15, 0.2) is 5.96 Å². The van der Waals surface area contributed by atoms with Crippen molar-refractivity contribution < 1.29 is 0 Å². The molecule has 0 saturated carbocycles. The zero-order valence-electron chi connectivity index (χ0n) is 16.2. The van der Waals surface area contributed by atoms with Crippen LogP contribution in [0, 0.1) is 0 Å². The average molecular weight is 535 g/mol. The molecule has 6 nitrogen and oxygen atoms in total. The van der Waals surface area contributed by atoms with Crippen LogP contribution in [0.2, 0.25) is 5.02 Å². The van der Waals surface area contributed by atoms with Crippen LogP contribution in [0.15, 0.2) is 34.2 Å². The van der Waals surface area contributed by atoms with Crippen LogP contribution in [0.3, 0.4) is 0 Å². The summed E-state index contributed by atoms with van der Waals surface area (Å²) in [5.74, 6) is 4.00. The van der Waals surface area contributed by atoms with E-state index in [1.165, 1.54) is 24.2 Å². The van der Waals surface area contributed by atoms with E-state index in [-0.39, 0.29) is 24.0 Å². The third-order valence-corrected chi connectivity index (χ3v) is 5.79. The Morgan fingerprint density at radius 2 is 1.93 bits per heavy atom. The highest BCUT2D eigenvalue weighted by Crippen LogP contribution is 2.19. The second-order valence-corrected chi connectivity index (χ2v) is 8.08. The van der Waals surface area contributed by atoms with E-state index in [0.717, 1.165) is 60.9 Å². The Hall–Kier alpha value is -1.000. The fourth-order valence-corrected chi connectivity index (χ4v) is 4.01. The van der Waals surface area contributed by atoms with Crippen LogP contribution in [0.4, 0.5) is 0 Å². The Bertz CT molecular complexity index is 749. The number of aromatic nitrogens is 3. The van der Waals surface area contributed by atoms with Crippen LogP contribution in [0.5, 0.6) is 0 Å². The smallest absolute Gasteiger partial charge is 0.191 e. The zero-order chi connectivity index (χ0) is 18.9. The van der Waals surface area contributed by atoms with Crippen LogP contribution < -0.4 is 10.6 Å². The number of nitrogens with one attached hydrogen (secondary N) is 2. The Morgan fingerprint density at radius 3 is 2.71 bits per heavy atom. The van der Waals surface area contributed by atoms with Crippen molar-refractivity contribution in [3.8, 4) is 0 Å². The number of fused-ring (bicyclic) bond motifs is 1. The molecule has 1 aliphatic rings. The average Bonchev–Trinajstić information content (AvgIpc) is 2.91. The van der Waals surface area contributed by atoms with Crippen LogP contribution >= 0.6 is 47.3 Å². The van der Waals surface area contributed by atoms with E-state index in [1.807, 2.05) is 24.3 Å². The van der Waals surface area contributed by atoms with E-state index in [1.54, 1.807) is 18.8 Å². The van der Waals surface area contributed by atoms with Crippen molar-refractivity contribution in [2.45, 2.75) is 43.5 Å². The Kier molecular flexibility index (Phi) is 10.4. The minimum absolute atomic E-state index is 0. The van der Waals surface area contributed by atoms with Gasteiger partial charge in [-0.2, -0.15) is 0 Å². The van der Waals surface area contributed by atoms with E-state index in [0.29, 0.717) is 0 Å². The molecule has 1 aromatic heterocycles. The lowest BCUT2D eigenvalue weighted by Crippen LogP contribution is -2.39. The Morgan fingerprint density at radius 1 is 1.14 bits per heavy atom. The molecule has 0 atom stereocenters. The Balaban J connectivity index is 0.00000280. The highest BCUT2D eigenvalue weighted by atomic mass is 127. The van der Waals surface area contributed by atoms with Crippen molar-refractivity contribution in [2.75, 3.05) is 25.9 Å². The van der Waals surface area contributed by atoms with Gasteiger partial charge in [-0.15, -0.1) is 45.9 Å². The number of thioether (sulfide) groups is 1. The van der Waals surface area contributed by atoms with Crippen LogP contribution in [-0.4, -0.2) is 46.6 Å². The number of benzene rings is 1. The highest BCUT2D eigenvalue weighted by Gasteiger charge is 2.14. The summed E-state index contributed by atoms with van der Waals surface area (Å²) in [7, 11) is 1.80. The third kappa shape index (κ3) is 7.11. The fourth-order valence-electron chi connectivity index (χ4n) is 3.11. The summed E-state index contributed by atoms with van der Waals surface area (Å²) < 4.78 is 2.30. The highest BCUT2D eigenvalue weighted by molar-refractivity contribution is 14.0. The first-order valence-electron chi connectivity index (χ1n) is 9.50. The monoisotopic (exact) mass is 534 g/mol. The molecule has 0 amide bonds. The summed E-state index contributed by atoms with van der Waals surface area (Å²) in [4.78, 5) is 5.51. The van der Waals surface area contributed by atoms with Gasteiger partial charge in [0.1, 0.15) is 11.6 Å². The van der Waals surface area contributed by atoms with Gasteiger partial charge >= 0.3 is 0 Å². The molecule has 0 fully saturated rings. The number of nitrogens with zero attached hydrogens (tertiary/aromatic N) is 4. The number of aryl methyl sites for hydroxylation is 1. The summed E-state index contributed by atoms with van der Waals surface area (Å²) in [5, 5.41) is 16.2. The quantitative estimate of drug-likeness (QED) is 0.186. The maximum Gasteiger partial charge on any atom is 0.191 e. The van der Waals surface area contributed by atoms with Gasteiger partial charge < -0.3 is 15.2 Å². The van der Waals surface area contributed by atoms with Gasteiger partial charge in [0.25, 0.3) is 0 Å². The second-order valence-electron chi connectivity index (χ2n) is 6.47. The molecule has 2 N–H and O–H groups in total. The van der Waals surface area contributed by atoms with E-state index in [2.05, 4.69) is 30.4 Å². The molecule has 0 radical (unpaired) electrons. The molecule has 0 spiro atoms. The van der Waals surface area contributed by atoms with Gasteiger partial charge in [0, 0.05) is 55.2 Å². The first-order chi connectivity index (χ1) is 13.3. The summed E-state index contributed by atoms with van der Waals surface area (Å²) in [6, 6.07) is 7.93. The number of aliphatic imine (C=N–C) groups is 1. The van der Waals surface area contributed by atoms with Crippen molar-refractivity contribution in [2.24, 2.45) is 4.99 Å². The van der Waals surface area contributed by atoms with Gasteiger partial charge in [-0.3, -0.25) is 4.99 Å². The predicted molar refractivity (Wildman–Crippen MR) is 128 cm³/mol. The maximum absolute atomic E-state index is 5.91. The number of guanidine groups is 1. The van der Waals surface area contributed by atoms with Crippen LogP contribution in [0.25, 0.3) is 0 Å². The van der Waals surface area contributed by atoms with Gasteiger partial charge in [0.05, 0.1) is 0 Å². The van der Waals surface area contributed by atoms with Crippen LogP contribution in [0.1, 0.15) is 30.9 Å². The van der Waals surface area contributed by atoms with Gasteiger partial charge in [-0.1, -0.05) is 18.0 Å². The fraction of sp³-hybridized carbons (Fsp3) is 0.526. The first kappa shape index (κ1) is 23.3. The summed E-state index contributed by atoms with van der Waals surface area (Å²) >= 11 is 7.71. The van der Waals surface area contributed by atoms with Gasteiger partial charge in [-0.05, 0) is 37.1 Å². The van der Waals surface area contributed by atoms with Crippen molar-refractivity contribution in [1.82, 2.24) is 25.4 Å².